The molecule has 0 aromatic heterocycles. The summed E-state index contributed by atoms with van der Waals surface area (Å²) in [5, 5.41) is 9.22. The fourth-order valence-corrected chi connectivity index (χ4v) is 1.92. The van der Waals surface area contributed by atoms with Crippen molar-refractivity contribution in [3.63, 3.8) is 0 Å². The van der Waals surface area contributed by atoms with E-state index in [1.807, 2.05) is 24.3 Å². The van der Waals surface area contributed by atoms with Crippen LogP contribution in [0.25, 0.3) is 0 Å². The van der Waals surface area contributed by atoms with Crippen LogP contribution in [0.2, 0.25) is 0 Å². The lowest BCUT2D eigenvalue weighted by molar-refractivity contribution is 0.290. The molecule has 2 aromatic rings. The van der Waals surface area contributed by atoms with Crippen molar-refractivity contribution in [2.24, 2.45) is 5.73 Å². The lowest BCUT2D eigenvalue weighted by atomic mass is 10.0. The van der Waals surface area contributed by atoms with Gasteiger partial charge in [0.2, 0.25) is 0 Å². The molecule has 4 nitrogen and oxygen atoms in total. The number of phenolic OH excluding ortho intramolecular Hbond substituents is 1. The highest BCUT2D eigenvalue weighted by Gasteiger charge is 2.11. The summed E-state index contributed by atoms with van der Waals surface area (Å²) < 4.78 is 10.8. The molecule has 0 saturated heterocycles. The Kier molecular flexibility index (Phi) is 4.85. The molecule has 4 heteroatoms. The molecule has 0 spiro atoms. The smallest absolute Gasteiger partial charge is 0.119 e. The first-order chi connectivity index (χ1) is 9.72. The van der Waals surface area contributed by atoms with E-state index in [0.29, 0.717) is 13.2 Å². The number of hydrogen-bond donors (Lipinski definition) is 2. The molecule has 3 N–H and O–H groups in total. The average Bonchev–Trinajstić information content (AvgIpc) is 2.50. The van der Waals surface area contributed by atoms with Gasteiger partial charge in [-0.3, -0.25) is 0 Å². The Morgan fingerprint density at radius 3 is 2.15 bits per heavy atom. The molecule has 0 radical (unpaired) electrons. The number of hydrogen-bond acceptors (Lipinski definition) is 4. The predicted molar refractivity (Wildman–Crippen MR) is 78.4 cm³/mol. The summed E-state index contributed by atoms with van der Waals surface area (Å²) in [7, 11) is 1.64. The monoisotopic (exact) mass is 273 g/mol. The number of ether oxygens (including phenoxy) is 2. The zero-order valence-corrected chi connectivity index (χ0v) is 11.5. The van der Waals surface area contributed by atoms with E-state index in [2.05, 4.69) is 0 Å². The van der Waals surface area contributed by atoms with Crippen molar-refractivity contribution in [3.05, 3.63) is 54.1 Å². The molecule has 0 fully saturated rings. The second-order valence-corrected chi connectivity index (χ2v) is 4.51. The molecule has 1 atom stereocenters. The van der Waals surface area contributed by atoms with Crippen molar-refractivity contribution < 1.29 is 14.6 Å². The summed E-state index contributed by atoms with van der Waals surface area (Å²) in [4.78, 5) is 0. The number of benzene rings is 2. The SMILES string of the molecule is COc1ccc(C(CN)COc2ccc(O)cc2)cc1. The normalized spacial score (nSPS) is 11.9. The average molecular weight is 273 g/mol. The lowest BCUT2D eigenvalue weighted by Gasteiger charge is -2.16. The minimum absolute atomic E-state index is 0.120. The maximum Gasteiger partial charge on any atom is 0.119 e. The van der Waals surface area contributed by atoms with Gasteiger partial charge in [-0.05, 0) is 42.0 Å². The molecule has 0 aliphatic heterocycles. The predicted octanol–water partition coefficient (Wildman–Crippen LogP) is 2.52. The Morgan fingerprint density at radius 1 is 1.00 bits per heavy atom. The van der Waals surface area contributed by atoms with Gasteiger partial charge in [-0.1, -0.05) is 12.1 Å². The summed E-state index contributed by atoms with van der Waals surface area (Å²) >= 11 is 0. The van der Waals surface area contributed by atoms with Crippen molar-refractivity contribution in [1.29, 1.82) is 0 Å². The zero-order chi connectivity index (χ0) is 14.4. The molecule has 1 unspecified atom stereocenters. The second-order valence-electron chi connectivity index (χ2n) is 4.51. The van der Waals surface area contributed by atoms with Gasteiger partial charge in [0.15, 0.2) is 0 Å². The molecule has 106 valence electrons. The first-order valence-corrected chi connectivity index (χ1v) is 6.48. The maximum absolute atomic E-state index is 9.22. The fraction of sp³-hybridized carbons (Fsp3) is 0.250. The van der Waals surface area contributed by atoms with Gasteiger partial charge in [-0.2, -0.15) is 0 Å². The van der Waals surface area contributed by atoms with Crippen molar-refractivity contribution in [3.8, 4) is 17.2 Å². The van der Waals surface area contributed by atoms with Crippen molar-refractivity contribution in [2.75, 3.05) is 20.3 Å². The summed E-state index contributed by atoms with van der Waals surface area (Å²) in [6.45, 7) is 0.998. The third kappa shape index (κ3) is 3.65. The van der Waals surface area contributed by atoms with E-state index in [9.17, 15) is 5.11 Å². The Hall–Kier alpha value is -2.20. The van der Waals surface area contributed by atoms with Crippen LogP contribution in [-0.4, -0.2) is 25.4 Å². The van der Waals surface area contributed by atoms with Crippen molar-refractivity contribution in [2.45, 2.75) is 5.92 Å². The quantitative estimate of drug-likeness (QED) is 0.849. The highest BCUT2D eigenvalue weighted by atomic mass is 16.5. The lowest BCUT2D eigenvalue weighted by Crippen LogP contribution is -2.19. The molecule has 20 heavy (non-hydrogen) atoms. The van der Waals surface area contributed by atoms with Crippen LogP contribution in [-0.2, 0) is 0 Å². The van der Waals surface area contributed by atoms with Gasteiger partial charge in [-0.25, -0.2) is 0 Å². The minimum atomic E-state index is 0.120. The van der Waals surface area contributed by atoms with Crippen LogP contribution in [0.4, 0.5) is 0 Å². The molecule has 0 heterocycles. The number of phenols is 1. The largest absolute Gasteiger partial charge is 0.508 e. The molecule has 0 aliphatic rings. The van der Waals surface area contributed by atoms with E-state index in [1.54, 1.807) is 31.4 Å². The van der Waals surface area contributed by atoms with E-state index in [4.69, 9.17) is 15.2 Å². The van der Waals surface area contributed by atoms with Gasteiger partial charge >= 0.3 is 0 Å². The third-order valence-corrected chi connectivity index (χ3v) is 3.16. The Bertz CT molecular complexity index is 522. The highest BCUT2D eigenvalue weighted by Crippen LogP contribution is 2.21. The van der Waals surface area contributed by atoms with Crippen LogP contribution in [0.1, 0.15) is 11.5 Å². The van der Waals surface area contributed by atoms with Gasteiger partial charge in [0.05, 0.1) is 13.7 Å². The first-order valence-electron chi connectivity index (χ1n) is 6.48. The number of aromatic hydroxyl groups is 1. The van der Waals surface area contributed by atoms with E-state index < -0.39 is 0 Å². The van der Waals surface area contributed by atoms with Crippen molar-refractivity contribution >= 4 is 0 Å². The maximum atomic E-state index is 9.22. The Labute approximate surface area is 118 Å². The third-order valence-electron chi connectivity index (χ3n) is 3.16. The Balaban J connectivity index is 1.99. The molecule has 0 aliphatic carbocycles. The molecule has 2 aromatic carbocycles. The van der Waals surface area contributed by atoms with Crippen LogP contribution in [0.15, 0.2) is 48.5 Å². The summed E-state index contributed by atoms with van der Waals surface area (Å²) in [5.41, 5.74) is 6.93. The van der Waals surface area contributed by atoms with E-state index >= 15 is 0 Å². The van der Waals surface area contributed by atoms with E-state index in [-0.39, 0.29) is 11.7 Å². The van der Waals surface area contributed by atoms with E-state index in [0.717, 1.165) is 17.1 Å². The fourth-order valence-electron chi connectivity index (χ4n) is 1.92. The van der Waals surface area contributed by atoms with Crippen LogP contribution in [0.3, 0.4) is 0 Å². The molecular weight excluding hydrogens is 254 g/mol. The van der Waals surface area contributed by atoms with Crippen LogP contribution in [0, 0.1) is 0 Å². The number of methoxy groups -OCH3 is 1. The standard InChI is InChI=1S/C16H19NO3/c1-19-15-6-2-12(3-7-15)13(10-17)11-20-16-8-4-14(18)5-9-16/h2-9,13,18H,10-11,17H2,1H3. The van der Waals surface area contributed by atoms with Crippen molar-refractivity contribution in [1.82, 2.24) is 0 Å². The van der Waals surface area contributed by atoms with Gasteiger partial charge < -0.3 is 20.3 Å². The number of nitrogens with two attached hydrogens (primary N) is 1. The van der Waals surface area contributed by atoms with Gasteiger partial charge in [0.1, 0.15) is 17.2 Å². The van der Waals surface area contributed by atoms with Gasteiger partial charge in [0, 0.05) is 12.5 Å². The molecule has 2 rings (SSSR count). The van der Waals surface area contributed by atoms with E-state index in [1.165, 1.54) is 0 Å². The summed E-state index contributed by atoms with van der Waals surface area (Å²) in [6, 6.07) is 14.5. The summed E-state index contributed by atoms with van der Waals surface area (Å²) in [6.07, 6.45) is 0. The zero-order valence-electron chi connectivity index (χ0n) is 11.5. The van der Waals surface area contributed by atoms with Gasteiger partial charge in [0.25, 0.3) is 0 Å². The minimum Gasteiger partial charge on any atom is -0.508 e. The second kappa shape index (κ2) is 6.82. The highest BCUT2D eigenvalue weighted by molar-refractivity contribution is 5.31. The molecule has 0 saturated carbocycles. The number of rotatable bonds is 6. The van der Waals surface area contributed by atoms with Crippen LogP contribution >= 0.6 is 0 Å². The molecule has 0 amide bonds. The first kappa shape index (κ1) is 14.2. The van der Waals surface area contributed by atoms with Crippen LogP contribution < -0.4 is 15.2 Å². The molecular formula is C16H19NO3. The Morgan fingerprint density at radius 2 is 1.60 bits per heavy atom. The van der Waals surface area contributed by atoms with Crippen LogP contribution in [0.5, 0.6) is 17.2 Å². The topological polar surface area (TPSA) is 64.7 Å². The van der Waals surface area contributed by atoms with Gasteiger partial charge in [-0.15, -0.1) is 0 Å². The molecule has 0 bridgehead atoms. The summed E-state index contributed by atoms with van der Waals surface area (Å²) in [5.74, 6) is 1.89.